The van der Waals surface area contributed by atoms with Crippen LogP contribution in [0, 0.1) is 13.8 Å². The number of methoxy groups -OCH3 is 1. The van der Waals surface area contributed by atoms with Crippen LogP contribution in [0.25, 0.3) is 0 Å². The summed E-state index contributed by atoms with van der Waals surface area (Å²) in [6.07, 6.45) is 5.02. The zero-order valence-corrected chi connectivity index (χ0v) is 18.7. The number of ether oxygens (including phenoxy) is 1. The lowest BCUT2D eigenvalue weighted by Gasteiger charge is -2.31. The Morgan fingerprint density at radius 1 is 1.00 bits per heavy atom. The second kappa shape index (κ2) is 9.75. The van der Waals surface area contributed by atoms with Crippen LogP contribution >= 0.6 is 23.5 Å². The molecule has 0 aromatic heterocycles. The van der Waals surface area contributed by atoms with Crippen LogP contribution in [0.2, 0.25) is 0 Å². The van der Waals surface area contributed by atoms with Gasteiger partial charge in [-0.3, -0.25) is 4.79 Å². The standard InChI is InChI=1S/C23H29NO2S2/c1-15-13-14-19(16(2)23(15)24-17(3)25)27-21-11-7-8-12-22(21)28-20-10-6-5-9-18(20)26-4/h5-6,9-10,13-14,21-22H,7-8,11-12H2,1-4H3,(H,24,25). The number of nitrogens with one attached hydrogen (secondary N) is 1. The van der Waals surface area contributed by atoms with E-state index in [4.69, 9.17) is 4.74 Å². The first kappa shape index (κ1) is 21.1. The molecule has 0 spiro atoms. The molecule has 1 amide bonds. The molecule has 0 heterocycles. The fourth-order valence-corrected chi connectivity index (χ4v) is 6.68. The number of anilines is 1. The first-order valence-electron chi connectivity index (χ1n) is 9.83. The van der Waals surface area contributed by atoms with Crippen molar-refractivity contribution in [2.75, 3.05) is 12.4 Å². The third-order valence-electron chi connectivity index (χ3n) is 5.19. The van der Waals surface area contributed by atoms with E-state index >= 15 is 0 Å². The number of carbonyl (C=O) groups excluding carboxylic acids is 1. The number of rotatable bonds is 6. The van der Waals surface area contributed by atoms with Crippen molar-refractivity contribution in [2.45, 2.75) is 66.7 Å². The van der Waals surface area contributed by atoms with Crippen LogP contribution in [-0.2, 0) is 4.79 Å². The highest BCUT2D eigenvalue weighted by Gasteiger charge is 2.28. The molecule has 0 bridgehead atoms. The minimum absolute atomic E-state index is 0.0179. The fraction of sp³-hybridized carbons (Fsp3) is 0.435. The first-order chi connectivity index (χ1) is 13.5. The van der Waals surface area contributed by atoms with Gasteiger partial charge in [-0.05, 0) is 56.0 Å². The SMILES string of the molecule is COc1ccccc1SC1CCCCC1Sc1ccc(C)c(NC(C)=O)c1C. The number of para-hydroxylation sites is 1. The van der Waals surface area contributed by atoms with Crippen molar-refractivity contribution in [2.24, 2.45) is 0 Å². The van der Waals surface area contributed by atoms with Crippen molar-refractivity contribution >= 4 is 35.1 Å². The predicted molar refractivity (Wildman–Crippen MR) is 121 cm³/mol. The van der Waals surface area contributed by atoms with E-state index in [1.54, 1.807) is 14.0 Å². The summed E-state index contributed by atoms with van der Waals surface area (Å²) in [5.74, 6) is 0.942. The Bertz CT molecular complexity index is 837. The van der Waals surface area contributed by atoms with Crippen LogP contribution in [0.3, 0.4) is 0 Å². The van der Waals surface area contributed by atoms with E-state index in [2.05, 4.69) is 36.5 Å². The van der Waals surface area contributed by atoms with Crippen molar-refractivity contribution in [3.63, 3.8) is 0 Å². The molecule has 150 valence electrons. The van der Waals surface area contributed by atoms with E-state index in [9.17, 15) is 4.79 Å². The summed E-state index contributed by atoms with van der Waals surface area (Å²) < 4.78 is 5.56. The molecule has 1 N–H and O–H groups in total. The lowest BCUT2D eigenvalue weighted by Crippen LogP contribution is -2.24. The van der Waals surface area contributed by atoms with Gasteiger partial charge in [-0.2, -0.15) is 0 Å². The minimum atomic E-state index is -0.0179. The van der Waals surface area contributed by atoms with Crippen molar-refractivity contribution in [3.8, 4) is 5.75 Å². The average molecular weight is 416 g/mol. The molecule has 1 aliphatic carbocycles. The topological polar surface area (TPSA) is 38.3 Å². The number of amides is 1. The molecule has 0 radical (unpaired) electrons. The smallest absolute Gasteiger partial charge is 0.221 e. The Hall–Kier alpha value is -1.59. The fourth-order valence-electron chi connectivity index (χ4n) is 3.70. The van der Waals surface area contributed by atoms with Gasteiger partial charge in [0.15, 0.2) is 0 Å². The molecule has 1 fully saturated rings. The van der Waals surface area contributed by atoms with Gasteiger partial charge in [0.2, 0.25) is 5.91 Å². The summed E-state index contributed by atoms with van der Waals surface area (Å²) in [6.45, 7) is 5.74. The third-order valence-corrected chi connectivity index (χ3v) is 8.39. The summed E-state index contributed by atoms with van der Waals surface area (Å²) in [6, 6.07) is 12.6. The van der Waals surface area contributed by atoms with E-state index in [-0.39, 0.29) is 5.91 Å². The highest BCUT2D eigenvalue weighted by Crippen LogP contribution is 2.45. The zero-order chi connectivity index (χ0) is 20.1. The molecule has 5 heteroatoms. The molecule has 2 atom stereocenters. The van der Waals surface area contributed by atoms with Gasteiger partial charge >= 0.3 is 0 Å². The highest BCUT2D eigenvalue weighted by molar-refractivity contribution is 8.04. The van der Waals surface area contributed by atoms with E-state index in [1.807, 2.05) is 42.6 Å². The largest absolute Gasteiger partial charge is 0.496 e. The molecular weight excluding hydrogens is 386 g/mol. The molecule has 1 saturated carbocycles. The maximum Gasteiger partial charge on any atom is 0.221 e. The number of carbonyl (C=O) groups is 1. The molecule has 1 aliphatic rings. The Morgan fingerprint density at radius 2 is 1.64 bits per heavy atom. The molecule has 2 aromatic carbocycles. The molecule has 0 saturated heterocycles. The minimum Gasteiger partial charge on any atom is -0.496 e. The summed E-state index contributed by atoms with van der Waals surface area (Å²) in [5, 5.41) is 4.12. The van der Waals surface area contributed by atoms with Crippen LogP contribution in [0.5, 0.6) is 5.75 Å². The van der Waals surface area contributed by atoms with Gasteiger partial charge in [0.05, 0.1) is 7.11 Å². The Balaban J connectivity index is 1.81. The van der Waals surface area contributed by atoms with E-state index in [0.29, 0.717) is 10.5 Å². The summed E-state index contributed by atoms with van der Waals surface area (Å²) in [4.78, 5) is 14.1. The summed E-state index contributed by atoms with van der Waals surface area (Å²) >= 11 is 3.92. The van der Waals surface area contributed by atoms with E-state index in [0.717, 1.165) is 17.0 Å². The highest BCUT2D eigenvalue weighted by atomic mass is 32.2. The van der Waals surface area contributed by atoms with Gasteiger partial charge in [0, 0.05) is 32.9 Å². The first-order valence-corrected chi connectivity index (χ1v) is 11.6. The van der Waals surface area contributed by atoms with Gasteiger partial charge < -0.3 is 10.1 Å². The predicted octanol–water partition coefficient (Wildman–Crippen LogP) is 6.47. The van der Waals surface area contributed by atoms with Crippen LogP contribution < -0.4 is 10.1 Å². The molecule has 3 nitrogen and oxygen atoms in total. The number of hydrogen-bond donors (Lipinski definition) is 1. The van der Waals surface area contributed by atoms with Gasteiger partial charge in [-0.1, -0.05) is 31.0 Å². The number of hydrogen-bond acceptors (Lipinski definition) is 4. The van der Waals surface area contributed by atoms with Crippen molar-refractivity contribution in [3.05, 3.63) is 47.5 Å². The van der Waals surface area contributed by atoms with Gasteiger partial charge in [0.25, 0.3) is 0 Å². The van der Waals surface area contributed by atoms with Crippen LogP contribution in [0.1, 0.15) is 43.7 Å². The third kappa shape index (κ3) is 5.06. The monoisotopic (exact) mass is 415 g/mol. The van der Waals surface area contributed by atoms with Gasteiger partial charge in [-0.25, -0.2) is 0 Å². The Kier molecular flexibility index (Phi) is 7.36. The van der Waals surface area contributed by atoms with E-state index < -0.39 is 0 Å². The zero-order valence-electron chi connectivity index (χ0n) is 17.1. The van der Waals surface area contributed by atoms with Gasteiger partial charge in [0.1, 0.15) is 5.75 Å². The second-order valence-electron chi connectivity index (χ2n) is 7.31. The summed E-state index contributed by atoms with van der Waals surface area (Å²) in [5.41, 5.74) is 3.25. The van der Waals surface area contributed by atoms with Crippen LogP contribution in [0.15, 0.2) is 46.2 Å². The molecule has 2 unspecified atom stereocenters. The molecule has 3 rings (SSSR count). The lowest BCUT2D eigenvalue weighted by molar-refractivity contribution is -0.114. The Morgan fingerprint density at radius 3 is 2.29 bits per heavy atom. The van der Waals surface area contributed by atoms with Crippen molar-refractivity contribution in [1.82, 2.24) is 0 Å². The molecule has 2 aromatic rings. The van der Waals surface area contributed by atoms with Crippen LogP contribution in [0.4, 0.5) is 5.69 Å². The maximum absolute atomic E-state index is 11.6. The summed E-state index contributed by atoms with van der Waals surface area (Å²) in [7, 11) is 1.74. The molecule has 0 aliphatic heterocycles. The second-order valence-corrected chi connectivity index (χ2v) is 9.87. The average Bonchev–Trinajstić information content (AvgIpc) is 2.69. The molecule has 28 heavy (non-hydrogen) atoms. The number of aryl methyl sites for hydroxylation is 1. The molecular formula is C23H29NO2S2. The maximum atomic E-state index is 11.6. The van der Waals surface area contributed by atoms with E-state index in [1.165, 1.54) is 41.0 Å². The van der Waals surface area contributed by atoms with Crippen molar-refractivity contribution in [1.29, 1.82) is 0 Å². The number of thioether (sulfide) groups is 2. The Labute approximate surface area is 177 Å². The lowest BCUT2D eigenvalue weighted by atomic mass is 10.00. The normalized spacial score (nSPS) is 19.3. The van der Waals surface area contributed by atoms with Crippen molar-refractivity contribution < 1.29 is 9.53 Å². The van der Waals surface area contributed by atoms with Gasteiger partial charge in [-0.15, -0.1) is 23.5 Å². The van der Waals surface area contributed by atoms with Crippen LogP contribution in [-0.4, -0.2) is 23.5 Å². The quantitative estimate of drug-likeness (QED) is 0.587. The number of benzene rings is 2.